The van der Waals surface area contributed by atoms with Gasteiger partial charge in [-0.1, -0.05) is 90.0 Å². The molecule has 1 aliphatic carbocycles. The Kier molecular flexibility index (Phi) is 6.82. The van der Waals surface area contributed by atoms with E-state index in [-0.39, 0.29) is 13.3 Å². The van der Waals surface area contributed by atoms with Crippen LogP contribution in [0.3, 0.4) is 0 Å². The van der Waals surface area contributed by atoms with E-state index >= 15 is 0 Å². The number of azide groups is 2. The first-order valence-corrected chi connectivity index (χ1v) is 14.5. The monoisotopic (exact) mass is 592 g/mol. The van der Waals surface area contributed by atoms with E-state index in [1.807, 2.05) is 72.8 Å². The highest BCUT2D eigenvalue weighted by atomic mass is 16.5. The van der Waals surface area contributed by atoms with Crippen molar-refractivity contribution in [1.82, 2.24) is 0 Å². The Hall–Kier alpha value is -5.88. The van der Waals surface area contributed by atoms with Gasteiger partial charge in [-0.25, -0.2) is 0 Å². The Balaban J connectivity index is 1.55. The first-order valence-electron chi connectivity index (χ1n) is 14.5. The lowest BCUT2D eigenvalue weighted by molar-refractivity contribution is 0.163. The zero-order valence-corrected chi connectivity index (χ0v) is 24.7. The fourth-order valence-electron chi connectivity index (χ4n) is 6.85. The number of hydrogen-bond acceptors (Lipinski definition) is 5. The van der Waals surface area contributed by atoms with E-state index in [0.29, 0.717) is 11.5 Å². The second kappa shape index (κ2) is 11.0. The summed E-state index contributed by atoms with van der Waals surface area (Å²) in [5, 5.41) is 9.47. The van der Waals surface area contributed by atoms with Gasteiger partial charge in [0.25, 0.3) is 0 Å². The molecule has 0 saturated heterocycles. The zero-order valence-electron chi connectivity index (χ0n) is 24.7. The highest BCUT2D eigenvalue weighted by Crippen LogP contribution is 2.58. The van der Waals surface area contributed by atoms with Gasteiger partial charge in [0.2, 0.25) is 0 Å². The van der Waals surface area contributed by atoms with Gasteiger partial charge in [-0.3, -0.25) is 0 Å². The number of ether oxygens (including phenoxy) is 3. The third-order valence-corrected chi connectivity index (χ3v) is 8.88. The Morgan fingerprint density at radius 3 is 2.27 bits per heavy atom. The first-order chi connectivity index (χ1) is 22.0. The van der Waals surface area contributed by atoms with Crippen molar-refractivity contribution in [3.8, 4) is 28.4 Å². The molecule has 0 N–H and O–H groups in total. The van der Waals surface area contributed by atoms with Crippen LogP contribution in [0.5, 0.6) is 17.2 Å². The highest BCUT2D eigenvalue weighted by Gasteiger charge is 2.45. The van der Waals surface area contributed by atoms with Crippen LogP contribution in [-0.4, -0.2) is 20.4 Å². The van der Waals surface area contributed by atoms with Crippen LogP contribution in [0, 0.1) is 0 Å². The molecule has 0 amide bonds. The molecule has 2 aliphatic rings. The van der Waals surface area contributed by atoms with Gasteiger partial charge in [-0.05, 0) is 75.1 Å². The lowest BCUT2D eigenvalue weighted by atomic mass is 9.75. The largest absolute Gasteiger partial charge is 0.497 e. The summed E-state index contributed by atoms with van der Waals surface area (Å²) in [6, 6.07) is 32.1. The second-order valence-corrected chi connectivity index (χ2v) is 11.2. The van der Waals surface area contributed by atoms with E-state index in [1.165, 1.54) is 0 Å². The molecule has 5 aromatic carbocycles. The molecule has 0 bridgehead atoms. The summed E-state index contributed by atoms with van der Waals surface area (Å²) in [5.74, 6) is 2.03. The van der Waals surface area contributed by atoms with Crippen molar-refractivity contribution in [3.63, 3.8) is 0 Å². The van der Waals surface area contributed by atoms with Crippen molar-refractivity contribution in [2.24, 2.45) is 10.2 Å². The summed E-state index contributed by atoms with van der Waals surface area (Å²) in [4.78, 5) is 5.96. The van der Waals surface area contributed by atoms with Crippen LogP contribution in [-0.2, 0) is 11.0 Å². The number of benzene rings is 5. The molecule has 0 fully saturated rings. The maximum atomic E-state index is 9.40. The number of fused-ring (bicyclic) bond motifs is 8. The van der Waals surface area contributed by atoms with Crippen LogP contribution in [0.4, 0.5) is 0 Å². The summed E-state index contributed by atoms with van der Waals surface area (Å²) in [5.41, 5.74) is 23.7. The molecule has 7 rings (SSSR count). The number of hydrogen-bond donors (Lipinski definition) is 0. The van der Waals surface area contributed by atoms with Gasteiger partial charge >= 0.3 is 0 Å². The maximum Gasteiger partial charge on any atom is 0.178 e. The molecule has 1 heterocycles. The summed E-state index contributed by atoms with van der Waals surface area (Å²) in [6.45, 7) is 2.22. The smallest absolute Gasteiger partial charge is 0.178 e. The average molecular weight is 593 g/mol. The predicted molar refractivity (Wildman–Crippen MR) is 174 cm³/mol. The van der Waals surface area contributed by atoms with Gasteiger partial charge in [0.1, 0.15) is 17.2 Å². The molecule has 0 radical (unpaired) electrons. The SMILES string of the molecule is COc1ccc(C2(c3ccccc3)C=Cc3c4c(c5cc(OCN=[N+]=[N-])ccc5c3O2)-c2ccccc2C4(C)CN=[N+]=[N-])cc1. The molecular formula is C36H28N6O3. The van der Waals surface area contributed by atoms with Gasteiger partial charge in [0.15, 0.2) is 12.3 Å². The van der Waals surface area contributed by atoms with Gasteiger partial charge in [0, 0.05) is 43.9 Å². The summed E-state index contributed by atoms with van der Waals surface area (Å²) >= 11 is 0. The molecule has 1 aliphatic heterocycles. The van der Waals surface area contributed by atoms with Gasteiger partial charge in [-0.15, -0.1) is 0 Å². The van der Waals surface area contributed by atoms with Crippen molar-refractivity contribution >= 4 is 16.8 Å². The lowest BCUT2D eigenvalue weighted by Gasteiger charge is -2.38. The Morgan fingerprint density at radius 1 is 0.800 bits per heavy atom. The third kappa shape index (κ3) is 4.33. The van der Waals surface area contributed by atoms with E-state index in [2.05, 4.69) is 63.4 Å². The molecule has 9 nitrogen and oxygen atoms in total. The lowest BCUT2D eigenvalue weighted by Crippen LogP contribution is -2.35. The fourth-order valence-corrected chi connectivity index (χ4v) is 6.85. The van der Waals surface area contributed by atoms with Crippen LogP contribution in [0.25, 0.3) is 48.9 Å². The van der Waals surface area contributed by atoms with E-state index in [4.69, 9.17) is 19.7 Å². The minimum Gasteiger partial charge on any atom is -0.497 e. The van der Waals surface area contributed by atoms with Crippen LogP contribution in [0.15, 0.2) is 113 Å². The van der Waals surface area contributed by atoms with E-state index in [0.717, 1.165) is 55.5 Å². The Bertz CT molecular complexity index is 2080. The minimum atomic E-state index is -0.939. The molecule has 2 atom stereocenters. The van der Waals surface area contributed by atoms with Crippen molar-refractivity contribution in [1.29, 1.82) is 0 Å². The molecule has 220 valence electrons. The summed E-state index contributed by atoms with van der Waals surface area (Å²) in [6.07, 6.45) is 4.27. The second-order valence-electron chi connectivity index (χ2n) is 11.2. The number of nitrogens with zero attached hydrogens (tertiary/aromatic N) is 6. The normalized spacial score (nSPS) is 18.9. The molecule has 0 saturated carbocycles. The van der Waals surface area contributed by atoms with Crippen molar-refractivity contribution in [3.05, 3.63) is 152 Å². The molecule has 0 spiro atoms. The van der Waals surface area contributed by atoms with Gasteiger partial charge < -0.3 is 14.2 Å². The number of methoxy groups -OCH3 is 1. The van der Waals surface area contributed by atoms with Gasteiger partial charge in [-0.2, -0.15) is 0 Å². The molecular weight excluding hydrogens is 564 g/mol. The summed E-state index contributed by atoms with van der Waals surface area (Å²) in [7, 11) is 1.65. The quantitative estimate of drug-likeness (QED) is 0.101. The van der Waals surface area contributed by atoms with Gasteiger partial charge in [0.05, 0.1) is 7.11 Å². The van der Waals surface area contributed by atoms with Crippen molar-refractivity contribution < 1.29 is 14.2 Å². The molecule has 45 heavy (non-hydrogen) atoms. The van der Waals surface area contributed by atoms with Crippen LogP contribution >= 0.6 is 0 Å². The average Bonchev–Trinajstić information content (AvgIpc) is 3.36. The Labute approximate surface area is 259 Å². The van der Waals surface area contributed by atoms with E-state index in [9.17, 15) is 5.53 Å². The molecule has 0 aromatic heterocycles. The Morgan fingerprint density at radius 2 is 1.51 bits per heavy atom. The van der Waals surface area contributed by atoms with Crippen molar-refractivity contribution in [2.45, 2.75) is 17.9 Å². The zero-order chi connectivity index (χ0) is 31.0. The van der Waals surface area contributed by atoms with Crippen LogP contribution < -0.4 is 14.2 Å². The third-order valence-electron chi connectivity index (χ3n) is 8.88. The standard InChI is InChI=1S/C36H28N6O3/c1-35(21-39-41-37)31-11-7-6-10-28(31)32-30-20-26(44-22-40-42-38)16-17-27(30)34-29(33(32)35)18-19-36(45-34,23-8-4-3-5-9-23)24-12-14-25(43-2)15-13-24/h3-20H,21-22H2,1-2H3. The highest BCUT2D eigenvalue weighted by molar-refractivity contribution is 6.09. The maximum absolute atomic E-state index is 9.40. The topological polar surface area (TPSA) is 125 Å². The first kappa shape index (κ1) is 27.9. The van der Waals surface area contributed by atoms with Crippen LogP contribution in [0.2, 0.25) is 0 Å². The van der Waals surface area contributed by atoms with E-state index < -0.39 is 11.0 Å². The predicted octanol–water partition coefficient (Wildman–Crippen LogP) is 9.44. The molecule has 9 heteroatoms. The van der Waals surface area contributed by atoms with E-state index in [1.54, 1.807) is 7.11 Å². The summed E-state index contributed by atoms with van der Waals surface area (Å²) < 4.78 is 18.6. The van der Waals surface area contributed by atoms with Crippen LogP contribution in [0.1, 0.15) is 34.7 Å². The molecule has 5 aromatic rings. The van der Waals surface area contributed by atoms with Crippen molar-refractivity contribution in [2.75, 3.05) is 20.4 Å². The number of rotatable bonds is 8. The molecule has 2 unspecified atom stereocenters. The fraction of sp³-hybridized carbons (Fsp3) is 0.167. The minimum absolute atomic E-state index is 0.131.